The molecule has 1 fully saturated rings. The summed E-state index contributed by atoms with van der Waals surface area (Å²) in [6.45, 7) is 11.4. The van der Waals surface area contributed by atoms with Crippen molar-refractivity contribution < 1.29 is 13.9 Å². The zero-order valence-electron chi connectivity index (χ0n) is 21.3. The highest BCUT2D eigenvalue weighted by Crippen LogP contribution is 2.28. The van der Waals surface area contributed by atoms with Crippen molar-refractivity contribution in [3.63, 3.8) is 0 Å². The average molecular weight is 514 g/mol. The lowest BCUT2D eigenvalue weighted by Crippen LogP contribution is -2.44. The molecule has 192 valence electrons. The van der Waals surface area contributed by atoms with Crippen LogP contribution in [0, 0.1) is 26.6 Å². The van der Waals surface area contributed by atoms with E-state index in [0.29, 0.717) is 39.8 Å². The summed E-state index contributed by atoms with van der Waals surface area (Å²) >= 11 is 6.22. The van der Waals surface area contributed by atoms with Gasteiger partial charge >= 0.3 is 0 Å². The third-order valence-corrected chi connectivity index (χ3v) is 7.12. The Bertz CT molecular complexity index is 1220. The number of nitrogens with zero attached hydrogens (tertiary/aromatic N) is 4. The molecule has 9 heteroatoms. The molecule has 2 aromatic carbocycles. The number of aryl methyl sites for hydroxylation is 2. The molecule has 0 unspecified atom stereocenters. The molecule has 2 heterocycles. The Morgan fingerprint density at radius 2 is 1.81 bits per heavy atom. The van der Waals surface area contributed by atoms with Gasteiger partial charge in [0, 0.05) is 44.0 Å². The maximum Gasteiger partial charge on any atom is 0.255 e. The van der Waals surface area contributed by atoms with Crippen LogP contribution in [0.25, 0.3) is 5.69 Å². The van der Waals surface area contributed by atoms with Crippen LogP contribution in [0.1, 0.15) is 33.7 Å². The minimum atomic E-state index is -0.501. The summed E-state index contributed by atoms with van der Waals surface area (Å²) in [5.41, 5.74) is 3.15. The third-order valence-electron chi connectivity index (χ3n) is 6.57. The lowest BCUT2D eigenvalue weighted by molar-refractivity contribution is 0.102. The quantitative estimate of drug-likeness (QED) is 0.436. The molecular formula is C27H33ClFN5O2. The summed E-state index contributed by atoms with van der Waals surface area (Å²) in [7, 11) is 2.15. The van der Waals surface area contributed by atoms with Crippen LogP contribution in [0.5, 0.6) is 5.75 Å². The van der Waals surface area contributed by atoms with Crippen molar-refractivity contribution in [1.82, 2.24) is 19.6 Å². The van der Waals surface area contributed by atoms with Gasteiger partial charge in [-0.05, 0) is 76.2 Å². The van der Waals surface area contributed by atoms with Gasteiger partial charge in [0.2, 0.25) is 0 Å². The van der Waals surface area contributed by atoms with Crippen LogP contribution in [-0.4, -0.2) is 71.9 Å². The minimum absolute atomic E-state index is 0.284. The van der Waals surface area contributed by atoms with E-state index in [0.717, 1.165) is 44.9 Å². The molecule has 0 saturated carbocycles. The molecular weight excluding hydrogens is 481 g/mol. The highest BCUT2D eigenvalue weighted by atomic mass is 35.5. The first-order valence-electron chi connectivity index (χ1n) is 12.2. The van der Waals surface area contributed by atoms with E-state index in [-0.39, 0.29) is 11.6 Å². The van der Waals surface area contributed by atoms with Gasteiger partial charge in [-0.1, -0.05) is 11.6 Å². The first kappa shape index (κ1) is 26.1. The number of likely N-dealkylation sites (N-methyl/N-ethyl adjacent to an activating group) is 1. The van der Waals surface area contributed by atoms with Gasteiger partial charge in [-0.3, -0.25) is 4.79 Å². The smallest absolute Gasteiger partial charge is 0.255 e. The minimum Gasteiger partial charge on any atom is -0.494 e. The van der Waals surface area contributed by atoms with Gasteiger partial charge in [0.05, 0.1) is 23.0 Å². The molecule has 1 aliphatic rings. The Morgan fingerprint density at radius 3 is 2.44 bits per heavy atom. The van der Waals surface area contributed by atoms with Crippen LogP contribution in [0.2, 0.25) is 5.02 Å². The fourth-order valence-electron chi connectivity index (χ4n) is 4.27. The summed E-state index contributed by atoms with van der Waals surface area (Å²) in [5, 5.41) is 7.63. The van der Waals surface area contributed by atoms with Crippen LogP contribution in [0.15, 0.2) is 36.4 Å². The Hall–Kier alpha value is -2.94. The number of nitrogens with one attached hydrogen (secondary N) is 1. The number of piperazine rings is 1. The SMILES string of the molecule is Cc1cc(-n2nc(C)c(Cl)c2C)c(F)cc1NC(=O)c1ccc(OCCCN2CCN(C)CC2)cc1. The molecule has 1 amide bonds. The molecule has 1 N–H and O–H groups in total. The second-order valence-electron chi connectivity index (χ2n) is 9.34. The zero-order chi connectivity index (χ0) is 25.8. The summed E-state index contributed by atoms with van der Waals surface area (Å²) in [5.74, 6) is -0.0976. The zero-order valence-corrected chi connectivity index (χ0v) is 22.0. The van der Waals surface area contributed by atoms with Crippen LogP contribution in [-0.2, 0) is 0 Å². The predicted molar refractivity (Wildman–Crippen MR) is 141 cm³/mol. The van der Waals surface area contributed by atoms with Gasteiger partial charge in [0.1, 0.15) is 11.4 Å². The topological polar surface area (TPSA) is 62.6 Å². The maximum absolute atomic E-state index is 14.9. The maximum atomic E-state index is 14.9. The molecule has 0 atom stereocenters. The molecule has 1 aromatic heterocycles. The number of hydrogen-bond acceptors (Lipinski definition) is 5. The number of hydrogen-bond donors (Lipinski definition) is 1. The van der Waals surface area contributed by atoms with Crippen molar-refractivity contribution in [2.24, 2.45) is 0 Å². The molecule has 4 rings (SSSR count). The second kappa shape index (κ2) is 11.4. The highest BCUT2D eigenvalue weighted by molar-refractivity contribution is 6.31. The number of ether oxygens (including phenoxy) is 1. The Morgan fingerprint density at radius 1 is 1.11 bits per heavy atom. The van der Waals surface area contributed by atoms with Crippen molar-refractivity contribution >= 4 is 23.2 Å². The first-order chi connectivity index (χ1) is 17.2. The lowest BCUT2D eigenvalue weighted by Gasteiger charge is -2.32. The van der Waals surface area contributed by atoms with Crippen molar-refractivity contribution in [2.45, 2.75) is 27.2 Å². The van der Waals surface area contributed by atoms with E-state index in [2.05, 4.69) is 27.3 Å². The molecule has 0 radical (unpaired) electrons. The van der Waals surface area contributed by atoms with Crippen molar-refractivity contribution in [3.05, 3.63) is 69.8 Å². The van der Waals surface area contributed by atoms with E-state index >= 15 is 0 Å². The lowest BCUT2D eigenvalue weighted by atomic mass is 10.1. The fraction of sp³-hybridized carbons (Fsp3) is 0.407. The Kier molecular flexibility index (Phi) is 8.28. The molecule has 0 aliphatic carbocycles. The second-order valence-corrected chi connectivity index (χ2v) is 9.72. The van der Waals surface area contributed by atoms with Crippen LogP contribution < -0.4 is 10.1 Å². The standard InChI is InChI=1S/C27H33ClFN5O2/c1-18-16-25(34-20(3)26(28)19(2)31-34)23(29)17-24(18)30-27(35)21-6-8-22(9-7-21)36-15-5-10-33-13-11-32(4)12-14-33/h6-9,16-17H,5,10-15H2,1-4H3,(H,30,35). The molecule has 1 saturated heterocycles. The van der Waals surface area contributed by atoms with E-state index < -0.39 is 5.82 Å². The molecule has 3 aromatic rings. The number of carbonyl (C=O) groups is 1. The highest BCUT2D eigenvalue weighted by Gasteiger charge is 2.17. The van der Waals surface area contributed by atoms with Crippen LogP contribution >= 0.6 is 11.6 Å². The van der Waals surface area contributed by atoms with Crippen molar-refractivity contribution in [3.8, 4) is 11.4 Å². The van der Waals surface area contributed by atoms with E-state index in [9.17, 15) is 9.18 Å². The number of anilines is 1. The Balaban J connectivity index is 1.32. The summed E-state index contributed by atoms with van der Waals surface area (Å²) in [6, 6.07) is 9.96. The van der Waals surface area contributed by atoms with Crippen molar-refractivity contribution in [1.29, 1.82) is 0 Å². The van der Waals surface area contributed by atoms with E-state index in [1.807, 2.05) is 6.92 Å². The number of benzene rings is 2. The molecule has 36 heavy (non-hydrogen) atoms. The number of amides is 1. The molecule has 0 bridgehead atoms. The number of aromatic nitrogens is 2. The van der Waals surface area contributed by atoms with Gasteiger partial charge in [0.25, 0.3) is 5.91 Å². The summed E-state index contributed by atoms with van der Waals surface area (Å²) < 4.78 is 22.3. The van der Waals surface area contributed by atoms with Crippen LogP contribution in [0.3, 0.4) is 0 Å². The monoisotopic (exact) mass is 513 g/mol. The number of rotatable bonds is 8. The van der Waals surface area contributed by atoms with Gasteiger partial charge < -0.3 is 19.9 Å². The normalized spacial score (nSPS) is 14.7. The van der Waals surface area contributed by atoms with E-state index in [1.54, 1.807) is 44.2 Å². The number of halogens is 2. The van der Waals surface area contributed by atoms with E-state index in [4.69, 9.17) is 16.3 Å². The predicted octanol–water partition coefficient (Wildman–Crippen LogP) is 4.86. The summed E-state index contributed by atoms with van der Waals surface area (Å²) in [4.78, 5) is 17.6. The largest absolute Gasteiger partial charge is 0.494 e. The van der Waals surface area contributed by atoms with E-state index in [1.165, 1.54) is 10.7 Å². The number of carbonyl (C=O) groups excluding carboxylic acids is 1. The third kappa shape index (κ3) is 6.06. The molecule has 1 aliphatic heterocycles. The van der Waals surface area contributed by atoms with Crippen molar-refractivity contribution in [2.75, 3.05) is 51.7 Å². The Labute approximate surface area is 216 Å². The van der Waals surface area contributed by atoms with Gasteiger partial charge in [0.15, 0.2) is 5.82 Å². The van der Waals surface area contributed by atoms with Crippen LogP contribution in [0.4, 0.5) is 10.1 Å². The molecule has 0 spiro atoms. The summed E-state index contributed by atoms with van der Waals surface area (Å²) in [6.07, 6.45) is 0.955. The first-order valence-corrected chi connectivity index (χ1v) is 12.6. The molecule has 7 nitrogen and oxygen atoms in total. The van der Waals surface area contributed by atoms with Gasteiger partial charge in [-0.15, -0.1) is 0 Å². The van der Waals surface area contributed by atoms with Gasteiger partial charge in [-0.2, -0.15) is 5.10 Å². The van der Waals surface area contributed by atoms with Gasteiger partial charge in [-0.25, -0.2) is 9.07 Å². The fourth-order valence-corrected chi connectivity index (χ4v) is 4.39. The average Bonchev–Trinajstić information content (AvgIpc) is 3.12.